The number of rotatable bonds is 4. The van der Waals surface area contributed by atoms with E-state index in [9.17, 15) is 14.0 Å². The van der Waals surface area contributed by atoms with Gasteiger partial charge in [0.25, 0.3) is 5.91 Å². The van der Waals surface area contributed by atoms with Gasteiger partial charge in [-0.25, -0.2) is 9.18 Å². The molecule has 136 valence electrons. The fourth-order valence-electron chi connectivity index (χ4n) is 3.23. The van der Waals surface area contributed by atoms with Crippen LogP contribution in [-0.4, -0.2) is 54.7 Å². The van der Waals surface area contributed by atoms with Gasteiger partial charge in [0, 0.05) is 31.4 Å². The van der Waals surface area contributed by atoms with Gasteiger partial charge in [-0.05, 0) is 43.5 Å². The lowest BCUT2D eigenvalue weighted by molar-refractivity contribution is -0.141. The lowest BCUT2D eigenvalue weighted by Gasteiger charge is -2.21. The fourth-order valence-corrected chi connectivity index (χ4v) is 3.23. The summed E-state index contributed by atoms with van der Waals surface area (Å²) < 4.78 is 18.5. The summed E-state index contributed by atoms with van der Waals surface area (Å²) >= 11 is 0. The number of nitrogens with zero attached hydrogens (tertiary/aromatic N) is 1. The first-order valence-electron chi connectivity index (χ1n) is 8.52. The quantitative estimate of drug-likeness (QED) is 0.756. The second-order valence-corrected chi connectivity index (χ2v) is 6.43. The van der Waals surface area contributed by atoms with Gasteiger partial charge in [0.15, 0.2) is 0 Å². The number of nitrogens with two attached hydrogens (primary N) is 1. The smallest absolute Gasteiger partial charge is 0.319 e. The normalized spacial score (nSPS) is 25.8. The third-order valence-electron chi connectivity index (χ3n) is 4.58. The lowest BCUT2D eigenvalue weighted by atomic mass is 10.2. The van der Waals surface area contributed by atoms with Crippen molar-refractivity contribution in [2.24, 2.45) is 5.73 Å². The summed E-state index contributed by atoms with van der Waals surface area (Å²) in [5.74, 6) is -0.388. The van der Waals surface area contributed by atoms with Gasteiger partial charge in [-0.15, -0.1) is 0 Å². The molecular weight excluding hydrogens is 327 g/mol. The second kappa shape index (κ2) is 7.79. The van der Waals surface area contributed by atoms with Crippen LogP contribution < -0.4 is 16.4 Å². The van der Waals surface area contributed by atoms with E-state index in [2.05, 4.69) is 10.6 Å². The Balaban J connectivity index is 1.45. The highest BCUT2D eigenvalue weighted by atomic mass is 19.1. The van der Waals surface area contributed by atoms with Gasteiger partial charge >= 0.3 is 6.03 Å². The van der Waals surface area contributed by atoms with Crippen LogP contribution in [0.15, 0.2) is 24.3 Å². The number of carbonyl (C=O) groups excluding carboxylic acids is 2. The largest absolute Gasteiger partial charge is 0.364 e. The molecule has 3 amide bonds. The van der Waals surface area contributed by atoms with Crippen molar-refractivity contribution in [1.29, 1.82) is 0 Å². The lowest BCUT2D eigenvalue weighted by Crippen LogP contribution is -2.43. The third kappa shape index (κ3) is 4.46. The summed E-state index contributed by atoms with van der Waals surface area (Å²) in [4.78, 5) is 26.2. The summed E-state index contributed by atoms with van der Waals surface area (Å²) in [5, 5.41) is 5.49. The first kappa shape index (κ1) is 17.6. The molecule has 8 heteroatoms. The minimum Gasteiger partial charge on any atom is -0.364 e. The van der Waals surface area contributed by atoms with Crippen molar-refractivity contribution in [3.63, 3.8) is 0 Å². The van der Waals surface area contributed by atoms with Gasteiger partial charge in [-0.1, -0.05) is 0 Å². The molecule has 2 heterocycles. The molecule has 1 unspecified atom stereocenters. The molecule has 3 atom stereocenters. The monoisotopic (exact) mass is 350 g/mol. The molecule has 0 radical (unpaired) electrons. The van der Waals surface area contributed by atoms with E-state index in [-0.39, 0.29) is 29.9 Å². The van der Waals surface area contributed by atoms with E-state index in [4.69, 9.17) is 10.5 Å². The van der Waals surface area contributed by atoms with Crippen LogP contribution in [0.1, 0.15) is 19.3 Å². The van der Waals surface area contributed by atoms with Crippen LogP contribution >= 0.6 is 0 Å². The average Bonchev–Trinajstić information content (AvgIpc) is 3.25. The Kier molecular flexibility index (Phi) is 5.50. The zero-order valence-electron chi connectivity index (χ0n) is 13.9. The van der Waals surface area contributed by atoms with E-state index in [0.29, 0.717) is 38.2 Å². The SMILES string of the molecule is NC[C@H]1CC[C@@H](C(=O)N2CCC(NC(=O)Nc3ccc(F)cc3)C2)O1. The molecule has 2 aliphatic heterocycles. The van der Waals surface area contributed by atoms with E-state index < -0.39 is 6.10 Å². The maximum absolute atomic E-state index is 12.9. The number of urea groups is 1. The number of carbonyl (C=O) groups is 2. The Bertz CT molecular complexity index is 625. The maximum atomic E-state index is 12.9. The van der Waals surface area contributed by atoms with Crippen molar-refractivity contribution >= 4 is 17.6 Å². The summed E-state index contributed by atoms with van der Waals surface area (Å²) in [5.41, 5.74) is 6.08. The highest BCUT2D eigenvalue weighted by molar-refractivity contribution is 5.89. The van der Waals surface area contributed by atoms with E-state index in [1.165, 1.54) is 24.3 Å². The molecule has 1 aromatic rings. The Morgan fingerprint density at radius 3 is 2.68 bits per heavy atom. The summed E-state index contributed by atoms with van der Waals surface area (Å²) in [6.07, 6.45) is 1.74. The number of ether oxygens (including phenoxy) is 1. The molecule has 0 aromatic heterocycles. The van der Waals surface area contributed by atoms with Crippen LogP contribution in [0.3, 0.4) is 0 Å². The molecule has 2 saturated heterocycles. The Morgan fingerprint density at radius 1 is 1.24 bits per heavy atom. The zero-order chi connectivity index (χ0) is 17.8. The predicted octanol–water partition coefficient (Wildman–Crippen LogP) is 1.05. The molecular formula is C17H23FN4O3. The maximum Gasteiger partial charge on any atom is 0.319 e. The van der Waals surface area contributed by atoms with Crippen molar-refractivity contribution in [1.82, 2.24) is 10.2 Å². The molecule has 4 N–H and O–H groups in total. The molecule has 0 aliphatic carbocycles. The minimum atomic E-state index is -0.416. The second-order valence-electron chi connectivity index (χ2n) is 6.43. The number of benzene rings is 1. The van der Waals surface area contributed by atoms with Crippen LogP contribution in [0.25, 0.3) is 0 Å². The molecule has 7 nitrogen and oxygen atoms in total. The number of hydrogen-bond acceptors (Lipinski definition) is 4. The number of nitrogens with one attached hydrogen (secondary N) is 2. The molecule has 0 bridgehead atoms. The zero-order valence-corrected chi connectivity index (χ0v) is 13.9. The van der Waals surface area contributed by atoms with E-state index in [1.807, 2.05) is 0 Å². The van der Waals surface area contributed by atoms with E-state index in [0.717, 1.165) is 6.42 Å². The first-order chi connectivity index (χ1) is 12.0. The van der Waals surface area contributed by atoms with Crippen molar-refractivity contribution in [3.8, 4) is 0 Å². The molecule has 2 fully saturated rings. The highest BCUT2D eigenvalue weighted by Crippen LogP contribution is 2.22. The fraction of sp³-hybridized carbons (Fsp3) is 0.529. The minimum absolute atomic E-state index is 0.0285. The van der Waals surface area contributed by atoms with Crippen LogP contribution in [0.4, 0.5) is 14.9 Å². The van der Waals surface area contributed by atoms with Gasteiger partial charge in [0.05, 0.1) is 6.10 Å². The van der Waals surface area contributed by atoms with Gasteiger partial charge in [-0.2, -0.15) is 0 Å². The van der Waals surface area contributed by atoms with Crippen LogP contribution in [-0.2, 0) is 9.53 Å². The average molecular weight is 350 g/mol. The summed E-state index contributed by atoms with van der Waals surface area (Å²) in [6.45, 7) is 1.48. The molecule has 3 rings (SSSR count). The number of hydrogen-bond donors (Lipinski definition) is 3. The third-order valence-corrected chi connectivity index (χ3v) is 4.58. The first-order valence-corrected chi connectivity index (χ1v) is 8.52. The van der Waals surface area contributed by atoms with Gasteiger partial charge in [0.1, 0.15) is 11.9 Å². The highest BCUT2D eigenvalue weighted by Gasteiger charge is 2.36. The van der Waals surface area contributed by atoms with Crippen molar-refractivity contribution in [2.75, 3.05) is 25.0 Å². The topological polar surface area (TPSA) is 96.7 Å². The van der Waals surface area contributed by atoms with Crippen molar-refractivity contribution in [3.05, 3.63) is 30.1 Å². The summed E-state index contributed by atoms with van der Waals surface area (Å²) in [6, 6.07) is 5.06. The summed E-state index contributed by atoms with van der Waals surface area (Å²) in [7, 11) is 0. The molecule has 2 aliphatic rings. The molecule has 25 heavy (non-hydrogen) atoms. The number of likely N-dealkylation sites (tertiary alicyclic amines) is 1. The molecule has 1 aromatic carbocycles. The van der Waals surface area contributed by atoms with Gasteiger partial charge in [-0.3, -0.25) is 4.79 Å². The Labute approximate surface area is 145 Å². The van der Waals surface area contributed by atoms with E-state index in [1.54, 1.807) is 4.90 Å². The van der Waals surface area contributed by atoms with Crippen molar-refractivity contribution in [2.45, 2.75) is 37.5 Å². The van der Waals surface area contributed by atoms with Crippen LogP contribution in [0.5, 0.6) is 0 Å². The van der Waals surface area contributed by atoms with Gasteiger partial charge < -0.3 is 26.0 Å². The van der Waals surface area contributed by atoms with E-state index >= 15 is 0 Å². The molecule has 0 spiro atoms. The van der Waals surface area contributed by atoms with Crippen molar-refractivity contribution < 1.29 is 18.7 Å². The van der Waals surface area contributed by atoms with Crippen LogP contribution in [0.2, 0.25) is 0 Å². The number of halogens is 1. The standard InChI is InChI=1S/C17H23FN4O3/c18-11-1-3-12(4-2-11)20-17(24)21-13-7-8-22(10-13)16(23)15-6-5-14(9-19)25-15/h1-4,13-15H,5-10,19H2,(H2,20,21,24)/t13?,14-,15+/m1/s1. The molecule has 0 saturated carbocycles. The van der Waals surface area contributed by atoms with Gasteiger partial charge in [0.2, 0.25) is 0 Å². The predicted molar refractivity (Wildman–Crippen MR) is 90.5 cm³/mol. The number of amides is 3. The Hall–Kier alpha value is -2.19. The Morgan fingerprint density at radius 2 is 2.00 bits per heavy atom. The number of anilines is 1. The van der Waals surface area contributed by atoms with Crippen LogP contribution in [0, 0.1) is 5.82 Å².